The topological polar surface area (TPSA) is 77.9 Å². The van der Waals surface area contributed by atoms with Crippen LogP contribution in [0.2, 0.25) is 0 Å². The number of nitrogens with one attached hydrogen (secondary N) is 1. The average Bonchev–Trinajstić information content (AvgIpc) is 2.32. The number of carbonyl (C=O) groups is 1. The highest BCUT2D eigenvalue weighted by atomic mass is 19.1. The quantitative estimate of drug-likeness (QED) is 0.362. The van der Waals surface area contributed by atoms with Gasteiger partial charge in [-0.25, -0.2) is 4.39 Å². The van der Waals surface area contributed by atoms with Gasteiger partial charge in [-0.15, -0.1) is 0 Å². The van der Waals surface area contributed by atoms with Crippen LogP contribution in [0.1, 0.15) is 22.3 Å². The van der Waals surface area contributed by atoms with Gasteiger partial charge in [-0.3, -0.25) is 4.79 Å². The fraction of sp³-hybridized carbons (Fsp3) is 0.364. The fourth-order valence-electron chi connectivity index (χ4n) is 1.30. The average molecular weight is 236 g/mol. The van der Waals surface area contributed by atoms with Crippen molar-refractivity contribution in [3.63, 3.8) is 0 Å². The lowest BCUT2D eigenvalue weighted by molar-refractivity contribution is 0.0949. The number of nitrogens with zero attached hydrogens (tertiary/aromatic N) is 3. The Hall–Kier alpha value is -2.07. The summed E-state index contributed by atoms with van der Waals surface area (Å²) in [6, 6.07) is 4.37. The third-order valence-electron chi connectivity index (χ3n) is 2.15. The highest BCUT2D eigenvalue weighted by Gasteiger charge is 2.10. The van der Waals surface area contributed by atoms with E-state index in [-0.39, 0.29) is 5.56 Å². The number of rotatable bonds is 5. The van der Waals surface area contributed by atoms with Gasteiger partial charge in [0.1, 0.15) is 5.82 Å². The number of hydrogen-bond acceptors (Lipinski definition) is 2. The van der Waals surface area contributed by atoms with Crippen LogP contribution in [-0.4, -0.2) is 19.0 Å². The van der Waals surface area contributed by atoms with Crippen molar-refractivity contribution in [1.29, 1.82) is 0 Å². The van der Waals surface area contributed by atoms with E-state index in [2.05, 4.69) is 15.3 Å². The Kier molecular flexibility index (Phi) is 4.97. The Bertz CT molecular complexity index is 455. The summed E-state index contributed by atoms with van der Waals surface area (Å²) in [6.07, 6.45) is 0.531. The van der Waals surface area contributed by atoms with Crippen LogP contribution < -0.4 is 5.32 Å². The molecule has 0 fully saturated rings. The van der Waals surface area contributed by atoms with E-state index in [1.165, 1.54) is 12.1 Å². The molecule has 1 aromatic carbocycles. The van der Waals surface area contributed by atoms with Crippen LogP contribution in [0.25, 0.3) is 10.4 Å². The molecule has 0 saturated heterocycles. The predicted octanol–water partition coefficient (Wildman–Crippen LogP) is 2.56. The van der Waals surface area contributed by atoms with E-state index in [1.807, 2.05) is 0 Å². The lowest BCUT2D eigenvalue weighted by Crippen LogP contribution is -2.25. The molecule has 0 aliphatic heterocycles. The Labute approximate surface area is 98.3 Å². The predicted molar refractivity (Wildman–Crippen MR) is 62.1 cm³/mol. The second-order valence-electron chi connectivity index (χ2n) is 3.55. The zero-order valence-electron chi connectivity index (χ0n) is 9.48. The first-order valence-corrected chi connectivity index (χ1v) is 5.20. The molecular formula is C11H13FN4O. The molecule has 90 valence electrons. The van der Waals surface area contributed by atoms with Gasteiger partial charge < -0.3 is 5.32 Å². The fourth-order valence-corrected chi connectivity index (χ4v) is 1.30. The molecule has 17 heavy (non-hydrogen) atoms. The van der Waals surface area contributed by atoms with Crippen LogP contribution in [-0.2, 0) is 0 Å². The third kappa shape index (κ3) is 4.12. The molecule has 1 N–H and O–H groups in total. The second-order valence-corrected chi connectivity index (χ2v) is 3.55. The molecule has 0 aliphatic rings. The molecule has 0 atom stereocenters. The van der Waals surface area contributed by atoms with Gasteiger partial charge in [-0.05, 0) is 31.0 Å². The normalized spacial score (nSPS) is 9.53. The molecule has 1 rings (SSSR count). The van der Waals surface area contributed by atoms with E-state index in [0.717, 1.165) is 5.56 Å². The van der Waals surface area contributed by atoms with Crippen molar-refractivity contribution in [2.75, 3.05) is 13.1 Å². The Balaban J connectivity index is 2.52. The summed E-state index contributed by atoms with van der Waals surface area (Å²) in [4.78, 5) is 14.2. The number of aryl methyl sites for hydroxylation is 1. The van der Waals surface area contributed by atoms with E-state index in [4.69, 9.17) is 5.53 Å². The van der Waals surface area contributed by atoms with Crippen molar-refractivity contribution in [2.45, 2.75) is 13.3 Å². The first-order valence-electron chi connectivity index (χ1n) is 5.20. The van der Waals surface area contributed by atoms with Gasteiger partial charge in [0, 0.05) is 18.0 Å². The molecule has 0 saturated carbocycles. The van der Waals surface area contributed by atoms with Gasteiger partial charge in [0.2, 0.25) is 0 Å². The molecule has 0 aliphatic carbocycles. The molecule has 0 radical (unpaired) electrons. The molecule has 1 aromatic rings. The second kappa shape index (κ2) is 6.50. The third-order valence-corrected chi connectivity index (χ3v) is 2.15. The monoisotopic (exact) mass is 236 g/mol. The minimum Gasteiger partial charge on any atom is -0.352 e. The minimum atomic E-state index is -0.539. The summed E-state index contributed by atoms with van der Waals surface area (Å²) in [5, 5.41) is 5.89. The molecule has 0 unspecified atom stereocenters. The molecule has 0 aromatic heterocycles. The van der Waals surface area contributed by atoms with E-state index in [1.54, 1.807) is 13.0 Å². The number of benzene rings is 1. The highest BCUT2D eigenvalue weighted by Crippen LogP contribution is 2.09. The van der Waals surface area contributed by atoms with E-state index in [9.17, 15) is 9.18 Å². The van der Waals surface area contributed by atoms with Gasteiger partial charge in [0.25, 0.3) is 5.91 Å². The number of carbonyl (C=O) groups excluding carboxylic acids is 1. The highest BCUT2D eigenvalue weighted by molar-refractivity contribution is 5.94. The van der Waals surface area contributed by atoms with E-state index < -0.39 is 11.7 Å². The number of halogens is 1. The van der Waals surface area contributed by atoms with Gasteiger partial charge >= 0.3 is 0 Å². The Morgan fingerprint density at radius 2 is 2.35 bits per heavy atom. The molecule has 6 heteroatoms. The van der Waals surface area contributed by atoms with Crippen molar-refractivity contribution in [3.05, 3.63) is 45.6 Å². The van der Waals surface area contributed by atoms with Crippen LogP contribution >= 0.6 is 0 Å². The number of azide groups is 1. The first kappa shape index (κ1) is 13.0. The summed E-state index contributed by atoms with van der Waals surface area (Å²) in [7, 11) is 0. The van der Waals surface area contributed by atoms with Crippen molar-refractivity contribution < 1.29 is 9.18 Å². The van der Waals surface area contributed by atoms with Gasteiger partial charge in [-0.1, -0.05) is 16.7 Å². The van der Waals surface area contributed by atoms with Crippen molar-refractivity contribution in [2.24, 2.45) is 5.11 Å². The summed E-state index contributed by atoms with van der Waals surface area (Å²) in [6.45, 7) is 2.45. The van der Waals surface area contributed by atoms with Crippen molar-refractivity contribution in [1.82, 2.24) is 5.32 Å². The lowest BCUT2D eigenvalue weighted by atomic mass is 10.1. The van der Waals surface area contributed by atoms with Gasteiger partial charge in [-0.2, -0.15) is 0 Å². The molecular weight excluding hydrogens is 223 g/mol. The first-order chi connectivity index (χ1) is 8.15. The largest absolute Gasteiger partial charge is 0.352 e. The van der Waals surface area contributed by atoms with Crippen LogP contribution in [0.5, 0.6) is 0 Å². The van der Waals surface area contributed by atoms with Crippen molar-refractivity contribution >= 4 is 5.91 Å². The maximum atomic E-state index is 13.3. The zero-order valence-corrected chi connectivity index (χ0v) is 9.48. The molecule has 5 nitrogen and oxygen atoms in total. The van der Waals surface area contributed by atoms with Crippen LogP contribution in [0, 0.1) is 12.7 Å². The molecule has 0 bridgehead atoms. The van der Waals surface area contributed by atoms with Gasteiger partial charge in [0.15, 0.2) is 0 Å². The smallest absolute Gasteiger partial charge is 0.254 e. The van der Waals surface area contributed by atoms with Crippen LogP contribution in [0.15, 0.2) is 23.3 Å². The number of hydrogen-bond donors (Lipinski definition) is 1. The zero-order chi connectivity index (χ0) is 12.7. The summed E-state index contributed by atoms with van der Waals surface area (Å²) < 4.78 is 13.3. The van der Waals surface area contributed by atoms with E-state index in [0.29, 0.717) is 19.5 Å². The van der Waals surface area contributed by atoms with Crippen LogP contribution in [0.3, 0.4) is 0 Å². The maximum absolute atomic E-state index is 13.3. The number of amides is 1. The molecule has 0 heterocycles. The molecule has 1 amide bonds. The molecule has 0 spiro atoms. The standard InChI is InChI=1S/C11H13FN4O/c1-8-3-4-10(12)9(7-8)11(17)14-5-2-6-15-16-13/h3-4,7H,2,5-6H2,1H3,(H,14,17). The van der Waals surface area contributed by atoms with Crippen LogP contribution in [0.4, 0.5) is 4.39 Å². The maximum Gasteiger partial charge on any atom is 0.254 e. The lowest BCUT2D eigenvalue weighted by Gasteiger charge is -2.05. The minimum absolute atomic E-state index is 0.0359. The summed E-state index contributed by atoms with van der Waals surface area (Å²) in [5.41, 5.74) is 8.90. The summed E-state index contributed by atoms with van der Waals surface area (Å²) in [5.74, 6) is -0.990. The van der Waals surface area contributed by atoms with Crippen molar-refractivity contribution in [3.8, 4) is 0 Å². The van der Waals surface area contributed by atoms with Gasteiger partial charge in [0.05, 0.1) is 5.56 Å². The Morgan fingerprint density at radius 3 is 3.06 bits per heavy atom. The SMILES string of the molecule is Cc1ccc(F)c(C(=O)NCCCN=[N+]=[N-])c1. The summed E-state index contributed by atoms with van der Waals surface area (Å²) >= 11 is 0. The van der Waals surface area contributed by atoms with E-state index >= 15 is 0 Å². The Morgan fingerprint density at radius 1 is 1.59 bits per heavy atom.